The fourth-order valence-corrected chi connectivity index (χ4v) is 8.58. The van der Waals surface area contributed by atoms with Crippen molar-refractivity contribution in [2.24, 2.45) is 9.98 Å². The van der Waals surface area contributed by atoms with Crippen molar-refractivity contribution in [1.29, 1.82) is 0 Å². The number of benzene rings is 7. The van der Waals surface area contributed by atoms with Crippen LogP contribution in [0.25, 0.3) is 64.0 Å². The first-order chi connectivity index (χ1) is 24.2. The molecule has 0 bridgehead atoms. The molecule has 0 radical (unpaired) electrons. The van der Waals surface area contributed by atoms with Gasteiger partial charge in [-0.3, -0.25) is 0 Å². The Morgan fingerprint density at radius 1 is 0.571 bits per heavy atom. The van der Waals surface area contributed by atoms with E-state index in [9.17, 15) is 0 Å². The fraction of sp³-hybridized carbons (Fsp3) is 0.0455. The number of para-hydroxylation sites is 1. The monoisotopic (exact) mass is 647 g/mol. The van der Waals surface area contributed by atoms with Crippen molar-refractivity contribution >= 4 is 75.9 Å². The van der Waals surface area contributed by atoms with Gasteiger partial charge >= 0.3 is 0 Å². The van der Waals surface area contributed by atoms with Crippen LogP contribution in [0, 0.1) is 0 Å². The molecule has 1 unspecified atom stereocenters. The molecule has 1 atom stereocenters. The van der Waals surface area contributed by atoms with Gasteiger partial charge in [-0.05, 0) is 46.2 Å². The van der Waals surface area contributed by atoms with Gasteiger partial charge in [-0.25, -0.2) is 9.98 Å². The molecule has 49 heavy (non-hydrogen) atoms. The Hall–Kier alpha value is -6.04. The zero-order chi connectivity index (χ0) is 32.5. The molecule has 0 saturated carbocycles. The van der Waals surface area contributed by atoms with E-state index in [2.05, 4.69) is 151 Å². The predicted octanol–water partition coefficient (Wildman–Crippen LogP) is 11.6. The van der Waals surface area contributed by atoms with Gasteiger partial charge in [0.2, 0.25) is 0 Å². The molecule has 232 valence electrons. The minimum atomic E-state index is -0.311. The summed E-state index contributed by atoms with van der Waals surface area (Å²) in [6.07, 6.45) is -0.311. The van der Waals surface area contributed by atoms with Crippen LogP contribution in [0.4, 0.5) is 0 Å². The van der Waals surface area contributed by atoms with Gasteiger partial charge in [-0.2, -0.15) is 0 Å². The van der Waals surface area contributed by atoms with E-state index >= 15 is 0 Å². The zero-order valence-electron chi connectivity index (χ0n) is 26.7. The van der Waals surface area contributed by atoms with Gasteiger partial charge in [-0.1, -0.05) is 127 Å². The van der Waals surface area contributed by atoms with E-state index in [0.717, 1.165) is 55.4 Å². The zero-order valence-corrected chi connectivity index (χ0v) is 27.5. The van der Waals surface area contributed by atoms with E-state index in [4.69, 9.17) is 14.4 Å². The lowest BCUT2D eigenvalue weighted by Crippen LogP contribution is -2.35. The summed E-state index contributed by atoms with van der Waals surface area (Å²) in [5.41, 5.74) is 7.23. The van der Waals surface area contributed by atoms with Gasteiger partial charge in [0, 0.05) is 54.7 Å². The third-order valence-electron chi connectivity index (χ3n) is 9.72. The molecule has 0 N–H and O–H groups in total. The number of aliphatic imine (C=N–C) groups is 2. The molecule has 9 aromatic rings. The molecule has 1 aliphatic heterocycles. The van der Waals surface area contributed by atoms with Crippen molar-refractivity contribution in [3.63, 3.8) is 0 Å². The van der Waals surface area contributed by atoms with E-state index in [0.29, 0.717) is 5.84 Å². The van der Waals surface area contributed by atoms with Gasteiger partial charge in [-0.15, -0.1) is 11.3 Å². The molecule has 5 heteroatoms. The highest BCUT2D eigenvalue weighted by Crippen LogP contribution is 2.40. The van der Waals surface area contributed by atoms with Crippen molar-refractivity contribution < 1.29 is 4.42 Å². The molecule has 0 fully saturated rings. The van der Waals surface area contributed by atoms with Crippen molar-refractivity contribution in [3.05, 3.63) is 168 Å². The summed E-state index contributed by atoms with van der Waals surface area (Å²) in [6, 6.07) is 53.6. The first-order valence-corrected chi connectivity index (χ1v) is 17.3. The Bertz CT molecular complexity index is 2820. The maximum atomic E-state index is 6.33. The second-order valence-corrected chi connectivity index (χ2v) is 13.7. The molecular formula is C44H29N3OS. The quantitative estimate of drug-likeness (QED) is 0.191. The van der Waals surface area contributed by atoms with Crippen LogP contribution in [0.1, 0.15) is 22.9 Å². The van der Waals surface area contributed by atoms with E-state index < -0.39 is 0 Å². The van der Waals surface area contributed by atoms with Crippen LogP contribution in [0.3, 0.4) is 0 Å². The third kappa shape index (κ3) is 4.50. The van der Waals surface area contributed by atoms with Gasteiger partial charge in [0.1, 0.15) is 17.0 Å². The summed E-state index contributed by atoms with van der Waals surface area (Å²) in [5, 5.41) is 7.15. The topological polar surface area (TPSA) is 41.1 Å². The number of nitrogens with zero attached hydrogens (tertiary/aromatic N) is 3. The average Bonchev–Trinajstić information content (AvgIpc) is 3.73. The summed E-state index contributed by atoms with van der Waals surface area (Å²) in [5.74, 6) is 1.59. The number of furan rings is 1. The van der Waals surface area contributed by atoms with Crippen LogP contribution >= 0.6 is 11.3 Å². The summed E-state index contributed by atoms with van der Waals surface area (Å²) in [4.78, 5) is 12.9. The predicted molar refractivity (Wildman–Crippen MR) is 206 cm³/mol. The summed E-state index contributed by atoms with van der Waals surface area (Å²) in [6.45, 7) is 0. The van der Waals surface area contributed by atoms with Crippen LogP contribution in [-0.4, -0.2) is 23.6 Å². The molecule has 7 aromatic carbocycles. The van der Waals surface area contributed by atoms with Crippen LogP contribution in [0.5, 0.6) is 0 Å². The number of rotatable bonds is 4. The van der Waals surface area contributed by atoms with Gasteiger partial charge in [0.25, 0.3) is 0 Å². The van der Waals surface area contributed by atoms with E-state index in [-0.39, 0.29) is 6.17 Å². The first-order valence-electron chi connectivity index (χ1n) is 16.5. The highest BCUT2D eigenvalue weighted by Gasteiger charge is 2.28. The Balaban J connectivity index is 1.15. The Kier molecular flexibility index (Phi) is 6.30. The molecule has 0 spiro atoms. The van der Waals surface area contributed by atoms with Crippen LogP contribution < -0.4 is 0 Å². The molecule has 0 amide bonds. The molecule has 0 saturated heterocycles. The minimum absolute atomic E-state index is 0.311. The molecule has 2 aromatic heterocycles. The molecule has 1 aliphatic rings. The number of hydrogen-bond donors (Lipinski definition) is 0. The smallest absolute Gasteiger partial charge is 0.159 e. The lowest BCUT2D eigenvalue weighted by Gasteiger charge is -2.33. The van der Waals surface area contributed by atoms with Crippen LogP contribution in [0.15, 0.2) is 166 Å². The Morgan fingerprint density at radius 3 is 2.20 bits per heavy atom. The largest absolute Gasteiger partial charge is 0.456 e. The molecule has 3 heterocycles. The highest BCUT2D eigenvalue weighted by atomic mass is 32.1. The third-order valence-corrected chi connectivity index (χ3v) is 10.9. The van der Waals surface area contributed by atoms with Crippen molar-refractivity contribution in [3.8, 4) is 11.1 Å². The van der Waals surface area contributed by atoms with E-state index in [1.807, 2.05) is 23.5 Å². The summed E-state index contributed by atoms with van der Waals surface area (Å²) in [7, 11) is 2.09. The maximum Gasteiger partial charge on any atom is 0.159 e. The lowest BCUT2D eigenvalue weighted by molar-refractivity contribution is 0.383. The summed E-state index contributed by atoms with van der Waals surface area (Å²) >= 11 is 1.85. The normalized spacial score (nSPS) is 15.0. The number of fused-ring (bicyclic) bond motifs is 7. The van der Waals surface area contributed by atoms with Gasteiger partial charge in [0.05, 0.1) is 0 Å². The molecule has 0 aliphatic carbocycles. The minimum Gasteiger partial charge on any atom is -0.456 e. The second kappa shape index (κ2) is 11.0. The van der Waals surface area contributed by atoms with Crippen LogP contribution in [0.2, 0.25) is 0 Å². The number of hydrogen-bond acceptors (Lipinski definition) is 5. The first kappa shape index (κ1) is 28.0. The van der Waals surface area contributed by atoms with Crippen molar-refractivity contribution in [1.82, 2.24) is 4.90 Å². The average molecular weight is 648 g/mol. The lowest BCUT2D eigenvalue weighted by atomic mass is 9.99. The van der Waals surface area contributed by atoms with Crippen LogP contribution in [-0.2, 0) is 0 Å². The Labute approximate surface area is 286 Å². The maximum absolute atomic E-state index is 6.33. The van der Waals surface area contributed by atoms with E-state index in [1.54, 1.807) is 0 Å². The highest BCUT2D eigenvalue weighted by molar-refractivity contribution is 7.26. The van der Waals surface area contributed by atoms with Crippen molar-refractivity contribution in [2.45, 2.75) is 6.17 Å². The number of thiophene rings is 1. The second-order valence-electron chi connectivity index (χ2n) is 12.6. The molecule has 4 nitrogen and oxygen atoms in total. The van der Waals surface area contributed by atoms with E-state index in [1.165, 1.54) is 31.1 Å². The van der Waals surface area contributed by atoms with Gasteiger partial charge in [0.15, 0.2) is 12.0 Å². The molecular weight excluding hydrogens is 619 g/mol. The van der Waals surface area contributed by atoms with Gasteiger partial charge < -0.3 is 9.32 Å². The van der Waals surface area contributed by atoms with Crippen molar-refractivity contribution in [2.75, 3.05) is 7.05 Å². The Morgan fingerprint density at radius 2 is 1.27 bits per heavy atom. The fourth-order valence-electron chi connectivity index (χ4n) is 7.34. The molecule has 10 rings (SSSR count). The summed E-state index contributed by atoms with van der Waals surface area (Å²) < 4.78 is 8.92. The number of amidine groups is 2. The SMILES string of the molecule is CN1C(c2cccc3ccccc23)=NC(c2cccc(-c3cccc4c3sc3ccccc34)c2)=NC1c1ccc2c(c1)oc1ccccc12. The standard InChI is InChI=1S/C44H29N3OS/c1-47-43(30-23-24-34-33-16-4-6-21-38(33)48-39(34)26-30)45-42(46-44(47)37-20-9-12-27-11-2-3-15-31(27)37)29-14-8-13-28(25-29)32-18-10-19-36-35-17-5-7-22-40(35)49-41(32)36/h2-26,43H,1H3.